The molecule has 0 aliphatic heterocycles. The first-order valence-electron chi connectivity index (χ1n) is 3.81. The van der Waals surface area contributed by atoms with E-state index in [9.17, 15) is 0 Å². The fraction of sp³-hybridized carbons (Fsp3) is 0.333. The molecule has 0 saturated carbocycles. The molecule has 0 amide bonds. The summed E-state index contributed by atoms with van der Waals surface area (Å²) in [5.74, 6) is 1.73. The maximum atomic E-state index is 5.95. The monoisotopic (exact) mass is 280 g/mol. The number of thioether (sulfide) groups is 1. The highest BCUT2D eigenvalue weighted by Crippen LogP contribution is 2.27. The third-order valence-electron chi connectivity index (χ3n) is 1.44. The minimum absolute atomic E-state index is 0.649. The Morgan fingerprint density at radius 3 is 2.92 bits per heavy atom. The quantitative estimate of drug-likeness (QED) is 0.776. The molecule has 72 valence electrons. The van der Waals surface area contributed by atoms with Gasteiger partial charge in [-0.2, -0.15) is 11.8 Å². The minimum atomic E-state index is 0.649. The van der Waals surface area contributed by atoms with E-state index in [4.69, 9.17) is 16.3 Å². The van der Waals surface area contributed by atoms with Crippen LogP contribution in [-0.4, -0.2) is 18.6 Å². The fourth-order valence-corrected chi connectivity index (χ4v) is 1.81. The molecule has 0 fully saturated rings. The highest BCUT2D eigenvalue weighted by molar-refractivity contribution is 9.10. The molecule has 0 unspecified atom stereocenters. The van der Waals surface area contributed by atoms with Gasteiger partial charge in [-0.25, -0.2) is 0 Å². The lowest BCUT2D eigenvalue weighted by Crippen LogP contribution is -1.99. The van der Waals surface area contributed by atoms with Gasteiger partial charge in [0, 0.05) is 10.2 Å². The number of benzene rings is 1. The molecule has 0 radical (unpaired) electrons. The molecule has 1 nitrogen and oxygen atoms in total. The molecule has 0 aliphatic rings. The van der Waals surface area contributed by atoms with Crippen molar-refractivity contribution in [2.45, 2.75) is 0 Å². The van der Waals surface area contributed by atoms with Crippen molar-refractivity contribution >= 4 is 39.3 Å². The zero-order chi connectivity index (χ0) is 9.68. The Balaban J connectivity index is 2.56. The summed E-state index contributed by atoms with van der Waals surface area (Å²) in [7, 11) is 0. The molecule has 0 atom stereocenters. The molecule has 0 heterocycles. The summed E-state index contributed by atoms with van der Waals surface area (Å²) in [6, 6.07) is 5.61. The number of rotatable bonds is 4. The summed E-state index contributed by atoms with van der Waals surface area (Å²) in [6.45, 7) is 0.697. The Kier molecular flexibility index (Phi) is 4.99. The lowest BCUT2D eigenvalue weighted by Gasteiger charge is -2.06. The van der Waals surface area contributed by atoms with Crippen LogP contribution in [0.1, 0.15) is 0 Å². The van der Waals surface area contributed by atoms with E-state index in [-0.39, 0.29) is 0 Å². The summed E-state index contributed by atoms with van der Waals surface area (Å²) >= 11 is 11.0. The first-order chi connectivity index (χ1) is 6.24. The second-order valence-corrected chi connectivity index (χ2v) is 4.72. The zero-order valence-electron chi connectivity index (χ0n) is 7.22. The zero-order valence-corrected chi connectivity index (χ0v) is 10.4. The van der Waals surface area contributed by atoms with Crippen molar-refractivity contribution in [2.75, 3.05) is 18.6 Å². The molecule has 0 bridgehead atoms. The molecular formula is C9H10BrClOS. The van der Waals surface area contributed by atoms with E-state index < -0.39 is 0 Å². The minimum Gasteiger partial charge on any atom is -0.491 e. The molecule has 1 rings (SSSR count). The van der Waals surface area contributed by atoms with Gasteiger partial charge in [0.25, 0.3) is 0 Å². The van der Waals surface area contributed by atoms with Gasteiger partial charge in [0.15, 0.2) is 0 Å². The van der Waals surface area contributed by atoms with Crippen molar-refractivity contribution in [3.05, 3.63) is 27.7 Å². The Morgan fingerprint density at radius 1 is 1.54 bits per heavy atom. The molecule has 13 heavy (non-hydrogen) atoms. The van der Waals surface area contributed by atoms with Crippen LogP contribution in [0.5, 0.6) is 5.75 Å². The van der Waals surface area contributed by atoms with Gasteiger partial charge in [0.05, 0.1) is 11.6 Å². The molecule has 0 aliphatic carbocycles. The Hall–Kier alpha value is 0.140. The van der Waals surface area contributed by atoms with Crippen molar-refractivity contribution in [1.82, 2.24) is 0 Å². The second kappa shape index (κ2) is 5.78. The molecule has 1 aromatic rings. The van der Waals surface area contributed by atoms with Crippen molar-refractivity contribution in [3.63, 3.8) is 0 Å². The number of hydrogen-bond acceptors (Lipinski definition) is 2. The molecule has 0 N–H and O–H groups in total. The highest BCUT2D eigenvalue weighted by atomic mass is 79.9. The van der Waals surface area contributed by atoms with E-state index in [1.165, 1.54) is 0 Å². The summed E-state index contributed by atoms with van der Waals surface area (Å²) in [4.78, 5) is 0. The Morgan fingerprint density at radius 2 is 2.31 bits per heavy atom. The van der Waals surface area contributed by atoms with Crippen LogP contribution in [0, 0.1) is 0 Å². The molecule has 0 saturated heterocycles. The first-order valence-corrected chi connectivity index (χ1v) is 6.37. The van der Waals surface area contributed by atoms with E-state index in [1.807, 2.05) is 24.5 Å². The number of halogens is 2. The van der Waals surface area contributed by atoms with Crippen LogP contribution < -0.4 is 4.74 Å². The van der Waals surface area contributed by atoms with Gasteiger partial charge in [-0.3, -0.25) is 0 Å². The number of hydrogen-bond donors (Lipinski definition) is 0. The predicted molar refractivity (Wildman–Crippen MR) is 63.0 cm³/mol. The van der Waals surface area contributed by atoms with E-state index in [0.717, 1.165) is 16.0 Å². The third-order valence-corrected chi connectivity index (χ3v) is 2.80. The molecule has 0 spiro atoms. The van der Waals surface area contributed by atoms with Crippen LogP contribution in [0.25, 0.3) is 0 Å². The maximum absolute atomic E-state index is 5.95. The van der Waals surface area contributed by atoms with E-state index >= 15 is 0 Å². The molecular weight excluding hydrogens is 272 g/mol. The highest BCUT2D eigenvalue weighted by Gasteiger charge is 2.00. The van der Waals surface area contributed by atoms with E-state index in [1.54, 1.807) is 11.8 Å². The summed E-state index contributed by atoms with van der Waals surface area (Å²) in [5, 5.41) is 0.649. The Labute approximate surface area is 95.9 Å². The summed E-state index contributed by atoms with van der Waals surface area (Å²) in [6.07, 6.45) is 2.05. The summed E-state index contributed by atoms with van der Waals surface area (Å²) < 4.78 is 6.43. The number of ether oxygens (including phenoxy) is 1. The van der Waals surface area contributed by atoms with Gasteiger partial charge in [0.1, 0.15) is 5.75 Å². The van der Waals surface area contributed by atoms with Gasteiger partial charge in [-0.1, -0.05) is 27.5 Å². The van der Waals surface area contributed by atoms with Crippen molar-refractivity contribution < 1.29 is 4.74 Å². The van der Waals surface area contributed by atoms with E-state index in [2.05, 4.69) is 15.9 Å². The van der Waals surface area contributed by atoms with Gasteiger partial charge in [-0.15, -0.1) is 0 Å². The smallest absolute Gasteiger partial charge is 0.138 e. The maximum Gasteiger partial charge on any atom is 0.138 e. The lowest BCUT2D eigenvalue weighted by atomic mass is 10.3. The normalized spacial score (nSPS) is 10.1. The Bertz CT molecular complexity index is 280. The average molecular weight is 282 g/mol. The largest absolute Gasteiger partial charge is 0.491 e. The van der Waals surface area contributed by atoms with Gasteiger partial charge in [0.2, 0.25) is 0 Å². The van der Waals surface area contributed by atoms with Crippen molar-refractivity contribution in [2.24, 2.45) is 0 Å². The van der Waals surface area contributed by atoms with Crippen LogP contribution in [-0.2, 0) is 0 Å². The standard InChI is InChI=1S/C9H10BrClOS/c1-13-5-4-12-9-3-2-7(10)6-8(9)11/h2-3,6H,4-5H2,1H3. The van der Waals surface area contributed by atoms with Crippen LogP contribution in [0.3, 0.4) is 0 Å². The lowest BCUT2D eigenvalue weighted by molar-refractivity contribution is 0.344. The third kappa shape index (κ3) is 3.79. The van der Waals surface area contributed by atoms with Crippen LogP contribution in [0.4, 0.5) is 0 Å². The topological polar surface area (TPSA) is 9.23 Å². The SMILES string of the molecule is CSCCOc1ccc(Br)cc1Cl. The van der Waals surface area contributed by atoms with E-state index in [0.29, 0.717) is 11.6 Å². The molecule has 4 heteroatoms. The van der Waals surface area contributed by atoms with Crippen molar-refractivity contribution in [3.8, 4) is 5.75 Å². The van der Waals surface area contributed by atoms with Gasteiger partial charge < -0.3 is 4.74 Å². The van der Waals surface area contributed by atoms with Crippen molar-refractivity contribution in [1.29, 1.82) is 0 Å². The molecule has 1 aromatic carbocycles. The fourth-order valence-electron chi connectivity index (χ4n) is 0.827. The van der Waals surface area contributed by atoms with Gasteiger partial charge >= 0.3 is 0 Å². The van der Waals surface area contributed by atoms with Crippen LogP contribution >= 0.6 is 39.3 Å². The average Bonchev–Trinajstić information content (AvgIpc) is 2.09. The van der Waals surface area contributed by atoms with Gasteiger partial charge in [-0.05, 0) is 24.5 Å². The van der Waals surface area contributed by atoms with Crippen LogP contribution in [0.2, 0.25) is 5.02 Å². The summed E-state index contributed by atoms with van der Waals surface area (Å²) in [5.41, 5.74) is 0. The predicted octanol–water partition coefficient (Wildman–Crippen LogP) is 3.84. The van der Waals surface area contributed by atoms with Crippen LogP contribution in [0.15, 0.2) is 22.7 Å². The molecule has 0 aromatic heterocycles. The first kappa shape index (κ1) is 11.2. The second-order valence-electron chi connectivity index (χ2n) is 2.42.